The third-order valence-electron chi connectivity index (χ3n) is 4.43. The van der Waals surface area contributed by atoms with Gasteiger partial charge in [0.1, 0.15) is 10.8 Å². The van der Waals surface area contributed by atoms with Gasteiger partial charge in [0.05, 0.1) is 12.2 Å². The molecule has 0 unspecified atom stereocenters. The number of hydrogen-bond acceptors (Lipinski definition) is 4. The van der Waals surface area contributed by atoms with Gasteiger partial charge in [0.25, 0.3) is 0 Å². The fourth-order valence-corrected chi connectivity index (χ4v) is 3.36. The van der Waals surface area contributed by atoms with Crippen LogP contribution in [0, 0.1) is 5.82 Å². The minimum atomic E-state index is -0.764. The number of rotatable bonds is 5. The second kappa shape index (κ2) is 8.95. The van der Waals surface area contributed by atoms with E-state index in [2.05, 4.69) is 4.90 Å². The lowest BCUT2D eigenvalue weighted by atomic mass is 10.1. The molecular formula is C21H22FNO3S. The van der Waals surface area contributed by atoms with Crippen LogP contribution in [0.25, 0.3) is 0 Å². The molecule has 1 aliphatic rings. The van der Waals surface area contributed by atoms with E-state index in [-0.39, 0.29) is 11.3 Å². The molecule has 0 atom stereocenters. The van der Waals surface area contributed by atoms with Gasteiger partial charge in [-0.1, -0.05) is 24.4 Å². The molecule has 142 valence electrons. The number of piperidine rings is 1. The summed E-state index contributed by atoms with van der Waals surface area (Å²) >= 11 is 5.62. The first kappa shape index (κ1) is 19.3. The van der Waals surface area contributed by atoms with Gasteiger partial charge < -0.3 is 14.4 Å². The van der Waals surface area contributed by atoms with Gasteiger partial charge in [0, 0.05) is 18.7 Å². The van der Waals surface area contributed by atoms with E-state index < -0.39 is 11.8 Å². The zero-order chi connectivity index (χ0) is 19.2. The first-order valence-corrected chi connectivity index (χ1v) is 9.54. The number of halogens is 1. The molecule has 2 aromatic rings. The lowest BCUT2D eigenvalue weighted by Crippen LogP contribution is -2.34. The fraction of sp³-hybridized carbons (Fsp3) is 0.333. The first-order chi connectivity index (χ1) is 13.1. The van der Waals surface area contributed by atoms with Crippen molar-refractivity contribution in [2.75, 3.05) is 19.7 Å². The van der Waals surface area contributed by atoms with Crippen molar-refractivity contribution in [2.45, 2.75) is 26.2 Å². The Labute approximate surface area is 163 Å². The Hall–Kier alpha value is -2.47. The van der Waals surface area contributed by atoms with Crippen LogP contribution in [0.15, 0.2) is 42.5 Å². The molecule has 1 aliphatic heterocycles. The van der Waals surface area contributed by atoms with Gasteiger partial charge in [0.2, 0.25) is 0 Å². The minimum absolute atomic E-state index is 0.118. The van der Waals surface area contributed by atoms with Crippen LogP contribution >= 0.6 is 12.2 Å². The Morgan fingerprint density at radius 3 is 2.56 bits per heavy atom. The van der Waals surface area contributed by atoms with E-state index in [4.69, 9.17) is 21.7 Å². The summed E-state index contributed by atoms with van der Waals surface area (Å²) in [5, 5.41) is 0. The number of nitrogens with zero attached hydrogens (tertiary/aromatic N) is 1. The number of likely N-dealkylation sites (tertiary alicyclic amines) is 1. The second-order valence-corrected chi connectivity index (χ2v) is 6.70. The van der Waals surface area contributed by atoms with Gasteiger partial charge in [-0.25, -0.2) is 9.18 Å². The molecule has 0 radical (unpaired) electrons. The topological polar surface area (TPSA) is 38.8 Å². The molecule has 27 heavy (non-hydrogen) atoms. The van der Waals surface area contributed by atoms with Crippen molar-refractivity contribution < 1.29 is 18.7 Å². The largest absolute Gasteiger partial charge is 0.490 e. The van der Waals surface area contributed by atoms with Gasteiger partial charge in [-0.05, 0) is 56.5 Å². The fourth-order valence-electron chi connectivity index (χ4n) is 3.05. The van der Waals surface area contributed by atoms with Gasteiger partial charge in [-0.3, -0.25) is 0 Å². The molecular weight excluding hydrogens is 365 g/mol. The number of thiocarbonyl (C=S) groups is 1. The summed E-state index contributed by atoms with van der Waals surface area (Å²) in [5.74, 6) is -0.724. The number of hydrogen-bond donors (Lipinski definition) is 0. The summed E-state index contributed by atoms with van der Waals surface area (Å²) in [6, 6.07) is 11.0. The number of carbonyl (C=O) groups is 1. The zero-order valence-electron chi connectivity index (χ0n) is 15.2. The Morgan fingerprint density at radius 1 is 1.11 bits per heavy atom. The number of carbonyl (C=O) groups excluding carboxylic acids is 1. The van der Waals surface area contributed by atoms with Gasteiger partial charge >= 0.3 is 5.97 Å². The van der Waals surface area contributed by atoms with Crippen LogP contribution < -0.4 is 9.47 Å². The lowest BCUT2D eigenvalue weighted by Gasteiger charge is -2.29. The maximum absolute atomic E-state index is 13.8. The predicted molar refractivity (Wildman–Crippen MR) is 106 cm³/mol. The molecule has 2 aromatic carbocycles. The Bertz CT molecular complexity index is 834. The van der Waals surface area contributed by atoms with Gasteiger partial charge in [-0.15, -0.1) is 0 Å². The van der Waals surface area contributed by atoms with Crippen LogP contribution in [0.5, 0.6) is 11.5 Å². The van der Waals surface area contributed by atoms with Crippen LogP contribution in [0.1, 0.15) is 42.1 Å². The molecule has 1 saturated heterocycles. The highest BCUT2D eigenvalue weighted by Crippen LogP contribution is 2.30. The highest BCUT2D eigenvalue weighted by molar-refractivity contribution is 7.80. The van der Waals surface area contributed by atoms with Crippen LogP contribution in [-0.2, 0) is 0 Å². The molecule has 6 heteroatoms. The van der Waals surface area contributed by atoms with E-state index in [1.54, 1.807) is 18.2 Å². The van der Waals surface area contributed by atoms with E-state index in [1.165, 1.54) is 24.6 Å². The van der Waals surface area contributed by atoms with E-state index in [1.807, 2.05) is 13.0 Å². The van der Waals surface area contributed by atoms with Crippen molar-refractivity contribution in [3.63, 3.8) is 0 Å². The smallest absolute Gasteiger partial charge is 0.346 e. The molecule has 0 N–H and O–H groups in total. The normalized spacial score (nSPS) is 13.9. The summed E-state index contributed by atoms with van der Waals surface area (Å²) in [7, 11) is 0. The SMILES string of the molecule is CCOc1cc(C(=S)N2CCCCC2)ccc1OC(=O)c1ccccc1F. The first-order valence-electron chi connectivity index (χ1n) is 9.13. The average Bonchev–Trinajstić information content (AvgIpc) is 2.70. The molecule has 3 rings (SSSR count). The summed E-state index contributed by atoms with van der Waals surface area (Å²) in [5.41, 5.74) is 0.730. The monoisotopic (exact) mass is 387 g/mol. The lowest BCUT2D eigenvalue weighted by molar-refractivity contribution is 0.0723. The van der Waals surface area contributed by atoms with Crippen molar-refractivity contribution in [1.82, 2.24) is 4.90 Å². The highest BCUT2D eigenvalue weighted by Gasteiger charge is 2.19. The van der Waals surface area contributed by atoms with E-state index in [0.29, 0.717) is 12.4 Å². The molecule has 0 aliphatic carbocycles. The predicted octanol–water partition coefficient (Wildman–Crippen LogP) is 4.61. The number of benzene rings is 2. The maximum atomic E-state index is 13.8. The number of ether oxygens (including phenoxy) is 2. The Balaban J connectivity index is 1.82. The minimum Gasteiger partial charge on any atom is -0.490 e. The Morgan fingerprint density at radius 2 is 1.85 bits per heavy atom. The van der Waals surface area contributed by atoms with E-state index in [9.17, 15) is 9.18 Å². The molecule has 0 bridgehead atoms. The molecule has 0 amide bonds. The molecule has 0 spiro atoms. The van der Waals surface area contributed by atoms with Gasteiger partial charge in [-0.2, -0.15) is 0 Å². The summed E-state index contributed by atoms with van der Waals surface area (Å²) in [6.45, 7) is 4.15. The summed E-state index contributed by atoms with van der Waals surface area (Å²) in [6.07, 6.45) is 3.50. The van der Waals surface area contributed by atoms with Crippen molar-refractivity contribution in [1.29, 1.82) is 0 Å². The van der Waals surface area contributed by atoms with Crippen molar-refractivity contribution in [3.8, 4) is 11.5 Å². The average molecular weight is 387 g/mol. The van der Waals surface area contributed by atoms with Crippen LogP contribution in [0.2, 0.25) is 0 Å². The molecule has 0 saturated carbocycles. The van der Waals surface area contributed by atoms with Crippen molar-refractivity contribution in [3.05, 3.63) is 59.4 Å². The zero-order valence-corrected chi connectivity index (χ0v) is 16.1. The Kier molecular flexibility index (Phi) is 6.40. The van der Waals surface area contributed by atoms with Crippen molar-refractivity contribution >= 4 is 23.2 Å². The van der Waals surface area contributed by atoms with E-state index in [0.717, 1.165) is 36.5 Å². The third-order valence-corrected chi connectivity index (χ3v) is 4.92. The maximum Gasteiger partial charge on any atom is 0.346 e. The second-order valence-electron chi connectivity index (χ2n) is 6.32. The van der Waals surface area contributed by atoms with Gasteiger partial charge in [0.15, 0.2) is 11.5 Å². The quantitative estimate of drug-likeness (QED) is 0.426. The van der Waals surface area contributed by atoms with Crippen molar-refractivity contribution in [2.24, 2.45) is 0 Å². The standard InChI is InChI=1S/C21H22FNO3S/c1-2-25-19-14-15(20(27)23-12-6-3-7-13-23)10-11-18(19)26-21(24)16-8-4-5-9-17(16)22/h4-5,8-11,14H,2-3,6-7,12-13H2,1H3. The molecule has 1 heterocycles. The molecule has 4 nitrogen and oxygen atoms in total. The highest BCUT2D eigenvalue weighted by atomic mass is 32.1. The number of esters is 1. The third kappa shape index (κ3) is 4.63. The summed E-state index contributed by atoms with van der Waals surface area (Å²) < 4.78 is 24.8. The molecule has 1 fully saturated rings. The van der Waals surface area contributed by atoms with Crippen LogP contribution in [0.4, 0.5) is 4.39 Å². The van der Waals surface area contributed by atoms with Crippen LogP contribution in [0.3, 0.4) is 0 Å². The van der Waals surface area contributed by atoms with Crippen LogP contribution in [-0.4, -0.2) is 35.6 Å². The molecule has 0 aromatic heterocycles. The summed E-state index contributed by atoms with van der Waals surface area (Å²) in [4.78, 5) is 15.3. The van der Waals surface area contributed by atoms with E-state index >= 15 is 0 Å².